The highest BCUT2D eigenvalue weighted by Crippen LogP contribution is 2.38. The van der Waals surface area contributed by atoms with Crippen molar-refractivity contribution >= 4 is 23.3 Å². The number of nitrogens with zero attached hydrogens (tertiary/aromatic N) is 5. The first-order valence-corrected chi connectivity index (χ1v) is 10.7. The molecule has 8 nitrogen and oxygen atoms in total. The number of halogens is 3. The number of pyridine rings is 2. The third-order valence-corrected chi connectivity index (χ3v) is 5.65. The summed E-state index contributed by atoms with van der Waals surface area (Å²) in [4.78, 5) is 17.7. The molecule has 4 rings (SSSR count). The number of rotatable bonds is 4. The molecule has 4 heterocycles. The molecule has 0 aromatic carbocycles. The summed E-state index contributed by atoms with van der Waals surface area (Å²) in [5.41, 5.74) is 5.86. The number of aromatic nitrogens is 3. The number of imidazole rings is 1. The van der Waals surface area contributed by atoms with Crippen molar-refractivity contribution in [1.82, 2.24) is 14.4 Å². The molecule has 0 spiro atoms. The van der Waals surface area contributed by atoms with Gasteiger partial charge in [-0.1, -0.05) is 13.8 Å². The summed E-state index contributed by atoms with van der Waals surface area (Å²) >= 11 is 0. The van der Waals surface area contributed by atoms with Gasteiger partial charge in [0.2, 0.25) is 11.8 Å². The number of ether oxygens (including phenoxy) is 2. The third kappa shape index (κ3) is 4.29. The zero-order valence-corrected chi connectivity index (χ0v) is 19.2. The van der Waals surface area contributed by atoms with Crippen LogP contribution in [0.1, 0.15) is 25.1 Å². The van der Waals surface area contributed by atoms with Gasteiger partial charge in [-0.05, 0) is 30.2 Å². The molecule has 0 unspecified atom stereocenters. The van der Waals surface area contributed by atoms with Gasteiger partial charge in [0, 0.05) is 30.1 Å². The fourth-order valence-electron chi connectivity index (χ4n) is 4.02. The lowest BCUT2D eigenvalue weighted by Gasteiger charge is -2.27. The van der Waals surface area contributed by atoms with Gasteiger partial charge in [0.1, 0.15) is 23.5 Å². The summed E-state index contributed by atoms with van der Waals surface area (Å²) in [5, 5.41) is 0. The number of alkyl halides is 3. The molecule has 0 saturated carbocycles. The first-order valence-electron chi connectivity index (χ1n) is 10.7. The van der Waals surface area contributed by atoms with Gasteiger partial charge >= 0.3 is 6.18 Å². The number of anilines is 1. The van der Waals surface area contributed by atoms with Crippen molar-refractivity contribution in [2.45, 2.75) is 38.5 Å². The standard InChI is InChI=1S/C23H25F3N6O2/c1-12(2)18-22(34-4)29-16(21(31-18)33-3)11-13-5-6-14(20-28-9-10-32(13)20)19-15(23(24,25)26)7-8-17(27)30-19/h5-10,12,16,18H,11H2,1-4H3,(H2,27,30)/t16-,18+/m0/s1. The van der Waals surface area contributed by atoms with E-state index in [4.69, 9.17) is 20.2 Å². The molecule has 34 heavy (non-hydrogen) atoms. The topological polar surface area (TPSA) is 99.4 Å². The van der Waals surface area contributed by atoms with Crippen molar-refractivity contribution in [1.29, 1.82) is 0 Å². The van der Waals surface area contributed by atoms with Crippen LogP contribution in [-0.2, 0) is 22.1 Å². The van der Waals surface area contributed by atoms with E-state index in [1.165, 1.54) is 13.3 Å². The maximum Gasteiger partial charge on any atom is 0.418 e. The molecule has 3 aromatic heterocycles. The highest BCUT2D eigenvalue weighted by Gasteiger charge is 2.36. The Morgan fingerprint density at radius 2 is 1.79 bits per heavy atom. The highest BCUT2D eigenvalue weighted by atomic mass is 19.4. The molecule has 0 aliphatic carbocycles. The molecule has 2 N–H and O–H groups in total. The average molecular weight is 474 g/mol. The molecule has 1 aliphatic heterocycles. The van der Waals surface area contributed by atoms with Crippen molar-refractivity contribution in [3.63, 3.8) is 0 Å². The van der Waals surface area contributed by atoms with Gasteiger partial charge in [-0.3, -0.25) is 0 Å². The van der Waals surface area contributed by atoms with E-state index in [0.717, 1.165) is 17.8 Å². The van der Waals surface area contributed by atoms with Gasteiger partial charge in [0.15, 0.2) is 0 Å². The number of hydrogen-bond donors (Lipinski definition) is 1. The molecule has 0 bridgehead atoms. The van der Waals surface area contributed by atoms with Gasteiger partial charge in [-0.2, -0.15) is 13.2 Å². The number of fused-ring (bicyclic) bond motifs is 1. The second-order valence-electron chi connectivity index (χ2n) is 8.24. The Morgan fingerprint density at radius 1 is 1.06 bits per heavy atom. The van der Waals surface area contributed by atoms with Crippen LogP contribution in [0.5, 0.6) is 0 Å². The van der Waals surface area contributed by atoms with Crippen molar-refractivity contribution in [3.8, 4) is 11.3 Å². The van der Waals surface area contributed by atoms with E-state index in [-0.39, 0.29) is 29.0 Å². The zero-order chi connectivity index (χ0) is 24.6. The second kappa shape index (κ2) is 8.96. The maximum atomic E-state index is 13.7. The first-order chi connectivity index (χ1) is 16.1. The lowest BCUT2D eigenvalue weighted by molar-refractivity contribution is -0.137. The van der Waals surface area contributed by atoms with Crippen LogP contribution in [0.15, 0.2) is 46.6 Å². The Hall–Kier alpha value is -3.63. The second-order valence-corrected chi connectivity index (χ2v) is 8.24. The summed E-state index contributed by atoms with van der Waals surface area (Å²) in [6.07, 6.45) is -1.03. The van der Waals surface area contributed by atoms with Crippen LogP contribution in [-0.4, -0.2) is 52.5 Å². The Kier molecular flexibility index (Phi) is 6.20. The summed E-state index contributed by atoms with van der Waals surface area (Å²) in [6, 6.07) is 4.65. The molecule has 0 radical (unpaired) electrons. The third-order valence-electron chi connectivity index (χ3n) is 5.65. The van der Waals surface area contributed by atoms with E-state index in [0.29, 0.717) is 23.9 Å². The number of nitrogen functional groups attached to an aromatic ring is 1. The number of nitrogens with two attached hydrogens (primary N) is 1. The Labute approximate surface area is 194 Å². The molecule has 0 amide bonds. The predicted octanol–water partition coefficient (Wildman–Crippen LogP) is 4.04. The van der Waals surface area contributed by atoms with Crippen LogP contribution < -0.4 is 5.73 Å². The number of methoxy groups -OCH3 is 2. The predicted molar refractivity (Wildman–Crippen MR) is 123 cm³/mol. The average Bonchev–Trinajstić information content (AvgIpc) is 3.28. The number of hydrogen-bond acceptors (Lipinski definition) is 7. The summed E-state index contributed by atoms with van der Waals surface area (Å²) in [7, 11) is 3.09. The Bertz CT molecular complexity index is 1270. The Balaban J connectivity index is 1.77. The van der Waals surface area contributed by atoms with Crippen LogP contribution in [0.25, 0.3) is 16.9 Å². The van der Waals surface area contributed by atoms with Crippen LogP contribution in [0.4, 0.5) is 19.0 Å². The quantitative estimate of drug-likeness (QED) is 0.615. The minimum Gasteiger partial charge on any atom is -0.483 e. The summed E-state index contributed by atoms with van der Waals surface area (Å²) in [6.45, 7) is 4.04. The molecule has 11 heteroatoms. The van der Waals surface area contributed by atoms with Gasteiger partial charge in [-0.15, -0.1) is 0 Å². The normalized spacial score (nSPS) is 18.7. The van der Waals surface area contributed by atoms with Crippen molar-refractivity contribution in [2.24, 2.45) is 15.9 Å². The minimum absolute atomic E-state index is 0.0129. The SMILES string of the molecule is COC1=N[C@H](C(C)C)C(OC)=N[C@H]1Cc1ccc(-c2nc(N)ccc2C(F)(F)F)c2nccn12. The van der Waals surface area contributed by atoms with Gasteiger partial charge in [0.25, 0.3) is 0 Å². The number of aliphatic imine (C=N–C) groups is 2. The molecular weight excluding hydrogens is 449 g/mol. The smallest absolute Gasteiger partial charge is 0.418 e. The van der Waals surface area contributed by atoms with E-state index in [9.17, 15) is 13.2 Å². The van der Waals surface area contributed by atoms with E-state index in [2.05, 4.69) is 15.0 Å². The van der Waals surface area contributed by atoms with Crippen molar-refractivity contribution in [3.05, 3.63) is 47.9 Å². The van der Waals surface area contributed by atoms with Crippen LogP contribution in [0, 0.1) is 5.92 Å². The van der Waals surface area contributed by atoms with E-state index < -0.39 is 17.8 Å². The maximum absolute atomic E-state index is 13.7. The first kappa shape index (κ1) is 23.5. The largest absolute Gasteiger partial charge is 0.483 e. The summed E-state index contributed by atoms with van der Waals surface area (Å²) in [5.74, 6) is 1.13. The van der Waals surface area contributed by atoms with E-state index >= 15 is 0 Å². The van der Waals surface area contributed by atoms with Crippen LogP contribution in [0.3, 0.4) is 0 Å². The lowest BCUT2D eigenvalue weighted by atomic mass is 10.0. The fourth-order valence-corrected chi connectivity index (χ4v) is 4.02. The molecule has 3 aromatic rings. The van der Waals surface area contributed by atoms with Gasteiger partial charge in [-0.25, -0.2) is 20.0 Å². The zero-order valence-electron chi connectivity index (χ0n) is 19.2. The summed E-state index contributed by atoms with van der Waals surface area (Å²) < 4.78 is 53.7. The monoisotopic (exact) mass is 474 g/mol. The van der Waals surface area contributed by atoms with Gasteiger partial charge in [0.05, 0.1) is 25.5 Å². The van der Waals surface area contributed by atoms with Gasteiger partial charge < -0.3 is 19.6 Å². The van der Waals surface area contributed by atoms with Crippen molar-refractivity contribution < 1.29 is 22.6 Å². The molecule has 1 aliphatic rings. The Morgan fingerprint density at radius 3 is 2.44 bits per heavy atom. The van der Waals surface area contributed by atoms with E-state index in [1.807, 2.05) is 13.8 Å². The highest BCUT2D eigenvalue weighted by molar-refractivity contribution is 5.94. The molecular formula is C23H25F3N6O2. The molecule has 0 fully saturated rings. The van der Waals surface area contributed by atoms with Crippen molar-refractivity contribution in [2.75, 3.05) is 20.0 Å². The minimum atomic E-state index is -4.59. The van der Waals surface area contributed by atoms with Crippen LogP contribution in [0.2, 0.25) is 0 Å². The molecule has 2 atom stereocenters. The lowest BCUT2D eigenvalue weighted by Crippen LogP contribution is -2.38. The molecule has 180 valence electrons. The van der Waals surface area contributed by atoms with Crippen LogP contribution >= 0.6 is 0 Å². The fraction of sp³-hybridized carbons (Fsp3) is 0.391. The molecule has 0 saturated heterocycles. The van der Waals surface area contributed by atoms with E-state index in [1.54, 1.807) is 29.8 Å².